The van der Waals surface area contributed by atoms with Crippen molar-refractivity contribution < 1.29 is 12.8 Å². The molecule has 0 saturated heterocycles. The van der Waals surface area contributed by atoms with Gasteiger partial charge in [0.15, 0.2) is 0 Å². The Balaban J connectivity index is 2.31. The fraction of sp³-hybridized carbons (Fsp3) is 0.455. The number of hydrogen-bond acceptors (Lipinski definition) is 3. The van der Waals surface area contributed by atoms with E-state index in [0.717, 1.165) is 18.4 Å². The van der Waals surface area contributed by atoms with Gasteiger partial charge >= 0.3 is 0 Å². The van der Waals surface area contributed by atoms with E-state index >= 15 is 0 Å². The number of halogens is 1. The van der Waals surface area contributed by atoms with Crippen LogP contribution in [0.2, 0.25) is 0 Å². The lowest BCUT2D eigenvalue weighted by atomic mass is 10.1. The summed E-state index contributed by atoms with van der Waals surface area (Å²) in [5.74, 6) is -0.723. The standard InChI is InChI=1S/C11H15FN2O2S/c12-10-4-1-8(5-6-13)7-11(10)17(15,16)14-9-2-3-9/h1,4,7,9,14H,2-3,5-6,13H2. The van der Waals surface area contributed by atoms with Gasteiger partial charge in [0.2, 0.25) is 10.0 Å². The lowest BCUT2D eigenvalue weighted by Crippen LogP contribution is -2.26. The van der Waals surface area contributed by atoms with E-state index in [1.54, 1.807) is 6.07 Å². The van der Waals surface area contributed by atoms with Gasteiger partial charge < -0.3 is 5.73 Å². The molecule has 1 aliphatic rings. The Hall–Kier alpha value is -0.980. The number of nitrogens with one attached hydrogen (secondary N) is 1. The summed E-state index contributed by atoms with van der Waals surface area (Å²) in [7, 11) is -3.73. The van der Waals surface area contributed by atoms with Crippen LogP contribution in [-0.4, -0.2) is 21.0 Å². The summed E-state index contributed by atoms with van der Waals surface area (Å²) < 4.78 is 39.7. The van der Waals surface area contributed by atoms with Gasteiger partial charge in [-0.25, -0.2) is 17.5 Å². The molecule has 1 fully saturated rings. The van der Waals surface area contributed by atoms with Gasteiger partial charge in [-0.15, -0.1) is 0 Å². The quantitative estimate of drug-likeness (QED) is 0.819. The maximum Gasteiger partial charge on any atom is 0.243 e. The largest absolute Gasteiger partial charge is 0.330 e. The Kier molecular flexibility index (Phi) is 3.46. The second-order valence-corrected chi connectivity index (χ2v) is 5.88. The van der Waals surface area contributed by atoms with Crippen molar-refractivity contribution in [3.8, 4) is 0 Å². The molecule has 0 spiro atoms. The number of sulfonamides is 1. The van der Waals surface area contributed by atoms with Gasteiger partial charge in [-0.1, -0.05) is 6.07 Å². The highest BCUT2D eigenvalue weighted by Crippen LogP contribution is 2.23. The van der Waals surface area contributed by atoms with Crippen molar-refractivity contribution in [2.75, 3.05) is 6.54 Å². The molecular weight excluding hydrogens is 243 g/mol. The zero-order chi connectivity index (χ0) is 12.5. The van der Waals surface area contributed by atoms with Crippen molar-refractivity contribution in [3.05, 3.63) is 29.6 Å². The summed E-state index contributed by atoms with van der Waals surface area (Å²) in [6.07, 6.45) is 2.18. The van der Waals surface area contributed by atoms with Crippen LogP contribution in [0, 0.1) is 5.82 Å². The Morgan fingerprint density at radius 2 is 2.12 bits per heavy atom. The van der Waals surface area contributed by atoms with Crippen molar-refractivity contribution >= 4 is 10.0 Å². The van der Waals surface area contributed by atoms with Gasteiger partial charge in [-0.3, -0.25) is 0 Å². The fourth-order valence-electron chi connectivity index (χ4n) is 1.56. The van der Waals surface area contributed by atoms with Crippen molar-refractivity contribution in [1.82, 2.24) is 4.72 Å². The van der Waals surface area contributed by atoms with Crippen LogP contribution in [0.3, 0.4) is 0 Å². The molecule has 1 aromatic rings. The van der Waals surface area contributed by atoms with E-state index in [4.69, 9.17) is 5.73 Å². The predicted molar refractivity (Wildman–Crippen MR) is 62.5 cm³/mol. The molecule has 2 rings (SSSR count). The number of benzene rings is 1. The monoisotopic (exact) mass is 258 g/mol. The van der Waals surface area contributed by atoms with E-state index in [1.807, 2.05) is 0 Å². The summed E-state index contributed by atoms with van der Waals surface area (Å²) >= 11 is 0. The summed E-state index contributed by atoms with van der Waals surface area (Å²) in [5, 5.41) is 0. The molecule has 4 nitrogen and oxygen atoms in total. The van der Waals surface area contributed by atoms with Gasteiger partial charge in [0, 0.05) is 6.04 Å². The van der Waals surface area contributed by atoms with Gasteiger partial charge in [0.05, 0.1) is 0 Å². The molecule has 1 aromatic carbocycles. The summed E-state index contributed by atoms with van der Waals surface area (Å²) in [6, 6.07) is 4.05. The Bertz CT molecular complexity index is 512. The van der Waals surface area contributed by atoms with Crippen molar-refractivity contribution in [2.24, 2.45) is 5.73 Å². The molecule has 0 radical (unpaired) electrons. The Morgan fingerprint density at radius 1 is 1.41 bits per heavy atom. The van der Waals surface area contributed by atoms with Gasteiger partial charge in [-0.2, -0.15) is 0 Å². The van der Waals surface area contributed by atoms with Crippen LogP contribution < -0.4 is 10.5 Å². The SMILES string of the molecule is NCCc1ccc(F)c(S(=O)(=O)NC2CC2)c1. The van der Waals surface area contributed by atoms with E-state index in [-0.39, 0.29) is 10.9 Å². The van der Waals surface area contributed by atoms with Crippen molar-refractivity contribution in [1.29, 1.82) is 0 Å². The van der Waals surface area contributed by atoms with Gasteiger partial charge in [0.25, 0.3) is 0 Å². The average molecular weight is 258 g/mol. The number of hydrogen-bond donors (Lipinski definition) is 2. The molecule has 6 heteroatoms. The normalized spacial score (nSPS) is 16.1. The molecule has 0 unspecified atom stereocenters. The second-order valence-electron chi connectivity index (χ2n) is 4.20. The van der Waals surface area contributed by atoms with E-state index < -0.39 is 15.8 Å². The summed E-state index contributed by atoms with van der Waals surface area (Å²) in [5.41, 5.74) is 6.12. The molecule has 0 heterocycles. The zero-order valence-electron chi connectivity index (χ0n) is 9.32. The molecule has 0 bridgehead atoms. The minimum Gasteiger partial charge on any atom is -0.330 e. The van der Waals surface area contributed by atoms with E-state index in [9.17, 15) is 12.8 Å². The molecular formula is C11H15FN2O2S. The van der Waals surface area contributed by atoms with Crippen LogP contribution in [0.4, 0.5) is 4.39 Å². The first-order valence-electron chi connectivity index (χ1n) is 5.54. The maximum atomic E-state index is 13.5. The fourth-order valence-corrected chi connectivity index (χ4v) is 2.99. The number of nitrogens with two attached hydrogens (primary N) is 1. The van der Waals surface area contributed by atoms with Crippen LogP contribution in [0.15, 0.2) is 23.1 Å². The Labute approximate surface area is 100 Å². The van der Waals surface area contributed by atoms with Crippen LogP contribution in [0.25, 0.3) is 0 Å². The zero-order valence-corrected chi connectivity index (χ0v) is 10.1. The van der Waals surface area contributed by atoms with Crippen molar-refractivity contribution in [2.45, 2.75) is 30.2 Å². The highest BCUT2D eigenvalue weighted by Gasteiger charge is 2.29. The summed E-state index contributed by atoms with van der Waals surface area (Å²) in [6.45, 7) is 0.404. The van der Waals surface area contributed by atoms with Crippen LogP contribution in [0.5, 0.6) is 0 Å². The van der Waals surface area contributed by atoms with E-state index in [2.05, 4.69) is 4.72 Å². The Morgan fingerprint density at radius 3 is 2.71 bits per heavy atom. The van der Waals surface area contributed by atoms with Crippen LogP contribution in [0.1, 0.15) is 18.4 Å². The molecule has 0 aliphatic heterocycles. The van der Waals surface area contributed by atoms with Gasteiger partial charge in [0.1, 0.15) is 10.7 Å². The third-order valence-electron chi connectivity index (χ3n) is 2.62. The average Bonchev–Trinajstić information content (AvgIpc) is 3.04. The van der Waals surface area contributed by atoms with Crippen LogP contribution >= 0.6 is 0 Å². The topological polar surface area (TPSA) is 72.2 Å². The molecule has 1 saturated carbocycles. The highest BCUT2D eigenvalue weighted by atomic mass is 32.2. The first-order valence-corrected chi connectivity index (χ1v) is 7.02. The third kappa shape index (κ3) is 3.02. The third-order valence-corrected chi connectivity index (χ3v) is 4.15. The van der Waals surface area contributed by atoms with Gasteiger partial charge in [-0.05, 0) is 43.5 Å². The smallest absolute Gasteiger partial charge is 0.243 e. The number of rotatable bonds is 5. The minimum absolute atomic E-state index is 0.0300. The molecule has 94 valence electrons. The molecule has 1 aliphatic carbocycles. The molecule has 0 amide bonds. The highest BCUT2D eigenvalue weighted by molar-refractivity contribution is 7.89. The molecule has 0 atom stereocenters. The second kappa shape index (κ2) is 4.72. The van der Waals surface area contributed by atoms with E-state index in [0.29, 0.717) is 13.0 Å². The first-order chi connectivity index (χ1) is 8.03. The minimum atomic E-state index is -3.73. The molecule has 17 heavy (non-hydrogen) atoms. The molecule has 0 aromatic heterocycles. The van der Waals surface area contributed by atoms with E-state index in [1.165, 1.54) is 12.1 Å². The van der Waals surface area contributed by atoms with Crippen LogP contribution in [-0.2, 0) is 16.4 Å². The maximum absolute atomic E-state index is 13.5. The molecule has 3 N–H and O–H groups in total. The predicted octanol–water partition coefficient (Wildman–Crippen LogP) is 0.768. The van der Waals surface area contributed by atoms with Crippen molar-refractivity contribution in [3.63, 3.8) is 0 Å². The summed E-state index contributed by atoms with van der Waals surface area (Å²) in [4.78, 5) is -0.282. The first kappa shape index (κ1) is 12.5. The lowest BCUT2D eigenvalue weighted by molar-refractivity contribution is 0.556. The lowest BCUT2D eigenvalue weighted by Gasteiger charge is -2.08.